The number of ether oxygens (including phenoxy) is 1. The monoisotopic (exact) mass is 403 g/mol. The molecule has 0 unspecified atom stereocenters. The number of nitrogens with zero attached hydrogens (tertiary/aromatic N) is 2. The van der Waals surface area contributed by atoms with Crippen LogP contribution in [0.15, 0.2) is 28.8 Å². The van der Waals surface area contributed by atoms with Crippen LogP contribution < -0.4 is 5.32 Å². The summed E-state index contributed by atoms with van der Waals surface area (Å²) in [4.78, 5) is 16.8. The summed E-state index contributed by atoms with van der Waals surface area (Å²) in [6, 6.07) is 6.58. The molecule has 7 heteroatoms. The molecule has 0 atom stereocenters. The third-order valence-electron chi connectivity index (χ3n) is 5.46. The van der Waals surface area contributed by atoms with Crippen molar-refractivity contribution in [1.82, 2.24) is 15.5 Å². The van der Waals surface area contributed by atoms with Gasteiger partial charge in [-0.25, -0.2) is 4.39 Å². The van der Waals surface area contributed by atoms with Gasteiger partial charge in [0.1, 0.15) is 5.82 Å². The van der Waals surface area contributed by atoms with Gasteiger partial charge in [-0.05, 0) is 37.0 Å². The normalized spacial score (nSPS) is 16.6. The minimum absolute atomic E-state index is 0.00598. The highest BCUT2D eigenvalue weighted by atomic mass is 19.1. The quantitative estimate of drug-likeness (QED) is 0.763. The standard InChI is InChI=1S/C22H30FN3O3/c1-21(2,3)20-25-19(29-26-20)6-4-5-18(27)24-15-22(11-13-28-14-12-22)16-7-9-17(23)10-8-16/h7-10H,4-6,11-15H2,1-3H3,(H,24,27). The number of carbonyl (C=O) groups excluding carboxylic acids is 1. The van der Waals surface area contributed by atoms with Gasteiger partial charge in [0.25, 0.3) is 0 Å². The Hall–Kier alpha value is -2.28. The number of benzene rings is 1. The maximum Gasteiger partial charge on any atom is 0.226 e. The van der Waals surface area contributed by atoms with Crippen LogP contribution in [0.3, 0.4) is 0 Å². The van der Waals surface area contributed by atoms with Gasteiger partial charge in [0, 0.05) is 43.4 Å². The van der Waals surface area contributed by atoms with Crippen molar-refractivity contribution in [1.29, 1.82) is 0 Å². The zero-order valence-corrected chi connectivity index (χ0v) is 17.5. The summed E-state index contributed by atoms with van der Waals surface area (Å²) in [5.41, 5.74) is 0.677. The SMILES string of the molecule is CC(C)(C)c1noc(CCCC(=O)NCC2(c3ccc(F)cc3)CCOCC2)n1. The maximum atomic E-state index is 13.3. The predicted octanol–water partition coefficient (Wildman–Crippen LogP) is 3.69. The van der Waals surface area contributed by atoms with E-state index in [-0.39, 0.29) is 22.6 Å². The van der Waals surface area contributed by atoms with E-state index in [2.05, 4.69) is 15.5 Å². The number of aryl methyl sites for hydroxylation is 1. The van der Waals surface area contributed by atoms with E-state index in [4.69, 9.17) is 9.26 Å². The third kappa shape index (κ3) is 5.63. The van der Waals surface area contributed by atoms with Crippen molar-refractivity contribution < 1.29 is 18.4 Å². The van der Waals surface area contributed by atoms with Crippen LogP contribution in [0.25, 0.3) is 0 Å². The molecule has 1 saturated heterocycles. The fourth-order valence-electron chi connectivity index (χ4n) is 3.55. The number of rotatable bonds is 7. The molecular formula is C22H30FN3O3. The van der Waals surface area contributed by atoms with Crippen LogP contribution in [0.1, 0.15) is 63.7 Å². The summed E-state index contributed by atoms with van der Waals surface area (Å²) in [7, 11) is 0. The Morgan fingerprint density at radius 1 is 1.21 bits per heavy atom. The van der Waals surface area contributed by atoms with Crippen LogP contribution in [0.2, 0.25) is 0 Å². The molecule has 6 nitrogen and oxygen atoms in total. The van der Waals surface area contributed by atoms with E-state index in [9.17, 15) is 9.18 Å². The highest BCUT2D eigenvalue weighted by Gasteiger charge is 2.34. The Bertz CT molecular complexity index is 805. The number of hydrogen-bond donors (Lipinski definition) is 1. The highest BCUT2D eigenvalue weighted by molar-refractivity contribution is 5.76. The van der Waals surface area contributed by atoms with E-state index >= 15 is 0 Å². The number of carbonyl (C=O) groups is 1. The Balaban J connectivity index is 1.51. The van der Waals surface area contributed by atoms with Gasteiger partial charge in [0.15, 0.2) is 5.82 Å². The molecule has 0 saturated carbocycles. The summed E-state index contributed by atoms with van der Waals surface area (Å²) in [5, 5.41) is 7.07. The summed E-state index contributed by atoms with van der Waals surface area (Å²) in [6.45, 7) is 7.89. The molecule has 1 aliphatic heterocycles. The first-order chi connectivity index (χ1) is 13.8. The molecular weight excluding hydrogens is 373 g/mol. The van der Waals surface area contributed by atoms with Crippen molar-refractivity contribution in [2.24, 2.45) is 0 Å². The third-order valence-corrected chi connectivity index (χ3v) is 5.46. The van der Waals surface area contributed by atoms with Crippen molar-refractivity contribution >= 4 is 5.91 Å². The molecule has 1 amide bonds. The largest absolute Gasteiger partial charge is 0.381 e. The van der Waals surface area contributed by atoms with Crippen LogP contribution in [0.4, 0.5) is 4.39 Å². The van der Waals surface area contributed by atoms with Crippen LogP contribution >= 0.6 is 0 Å². The van der Waals surface area contributed by atoms with Gasteiger partial charge < -0.3 is 14.6 Å². The van der Waals surface area contributed by atoms with Gasteiger partial charge in [-0.1, -0.05) is 38.1 Å². The van der Waals surface area contributed by atoms with Gasteiger partial charge in [-0.3, -0.25) is 4.79 Å². The lowest BCUT2D eigenvalue weighted by atomic mass is 9.74. The van der Waals surface area contributed by atoms with Gasteiger partial charge >= 0.3 is 0 Å². The molecule has 0 aliphatic carbocycles. The molecule has 0 bridgehead atoms. The van der Waals surface area contributed by atoms with E-state index in [1.54, 1.807) is 0 Å². The summed E-state index contributed by atoms with van der Waals surface area (Å²) in [6.07, 6.45) is 3.22. The number of amides is 1. The van der Waals surface area contributed by atoms with Gasteiger partial charge in [-0.2, -0.15) is 4.98 Å². The molecule has 158 valence electrons. The van der Waals surface area contributed by atoms with Gasteiger partial charge in [0.2, 0.25) is 11.8 Å². The van der Waals surface area contributed by atoms with Gasteiger partial charge in [-0.15, -0.1) is 0 Å². The van der Waals surface area contributed by atoms with Crippen molar-refractivity contribution in [2.75, 3.05) is 19.8 Å². The zero-order chi connectivity index (χ0) is 20.9. The lowest BCUT2D eigenvalue weighted by Crippen LogP contribution is -2.44. The molecule has 0 radical (unpaired) electrons. The number of nitrogens with one attached hydrogen (secondary N) is 1. The van der Waals surface area contributed by atoms with Crippen LogP contribution in [0.5, 0.6) is 0 Å². The Morgan fingerprint density at radius 3 is 2.52 bits per heavy atom. The van der Waals surface area contributed by atoms with E-state index < -0.39 is 0 Å². The molecule has 1 aromatic carbocycles. The average Bonchev–Trinajstić information content (AvgIpc) is 3.17. The first-order valence-electron chi connectivity index (χ1n) is 10.2. The van der Waals surface area contributed by atoms with Crippen LogP contribution in [-0.2, 0) is 26.8 Å². The molecule has 3 rings (SSSR count). The van der Waals surface area contributed by atoms with E-state index in [1.165, 1.54) is 12.1 Å². The topological polar surface area (TPSA) is 77.2 Å². The first-order valence-corrected chi connectivity index (χ1v) is 10.2. The van der Waals surface area contributed by atoms with Crippen molar-refractivity contribution in [2.45, 2.75) is 63.7 Å². The second-order valence-electron chi connectivity index (χ2n) is 8.79. The average molecular weight is 403 g/mol. The minimum atomic E-state index is -0.254. The Labute approximate surface area is 171 Å². The minimum Gasteiger partial charge on any atom is -0.381 e. The number of halogens is 1. The van der Waals surface area contributed by atoms with E-state index in [1.807, 2.05) is 32.9 Å². The summed E-state index contributed by atoms with van der Waals surface area (Å²) in [5.74, 6) is 0.983. The second-order valence-corrected chi connectivity index (χ2v) is 8.79. The lowest BCUT2D eigenvalue weighted by molar-refractivity contribution is -0.121. The lowest BCUT2D eigenvalue weighted by Gasteiger charge is -2.38. The smallest absolute Gasteiger partial charge is 0.226 e. The molecule has 0 spiro atoms. The highest BCUT2D eigenvalue weighted by Crippen LogP contribution is 2.34. The Kier molecular flexibility index (Phi) is 6.67. The molecule has 1 aliphatic rings. The predicted molar refractivity (Wildman–Crippen MR) is 107 cm³/mol. The van der Waals surface area contributed by atoms with Crippen molar-refractivity contribution in [3.63, 3.8) is 0 Å². The maximum absolute atomic E-state index is 13.3. The fourth-order valence-corrected chi connectivity index (χ4v) is 3.55. The first kappa shape index (κ1) is 21.4. The van der Waals surface area contributed by atoms with E-state index in [0.717, 1.165) is 18.4 Å². The van der Waals surface area contributed by atoms with Crippen LogP contribution in [0, 0.1) is 5.82 Å². The zero-order valence-electron chi connectivity index (χ0n) is 17.5. The second kappa shape index (κ2) is 9.03. The van der Waals surface area contributed by atoms with Crippen molar-refractivity contribution in [3.05, 3.63) is 47.4 Å². The molecule has 2 heterocycles. The number of aromatic nitrogens is 2. The van der Waals surface area contributed by atoms with Crippen molar-refractivity contribution in [3.8, 4) is 0 Å². The molecule has 2 aromatic rings. The number of hydrogen-bond acceptors (Lipinski definition) is 5. The Morgan fingerprint density at radius 2 is 1.90 bits per heavy atom. The molecule has 1 aromatic heterocycles. The fraction of sp³-hybridized carbons (Fsp3) is 0.591. The molecule has 1 N–H and O–H groups in total. The molecule has 29 heavy (non-hydrogen) atoms. The summed E-state index contributed by atoms with van der Waals surface area (Å²) >= 11 is 0. The summed E-state index contributed by atoms with van der Waals surface area (Å²) < 4.78 is 24.1. The van der Waals surface area contributed by atoms with Gasteiger partial charge in [0.05, 0.1) is 0 Å². The molecule has 1 fully saturated rings. The van der Waals surface area contributed by atoms with E-state index in [0.29, 0.717) is 50.7 Å². The van der Waals surface area contributed by atoms with Crippen LogP contribution in [-0.4, -0.2) is 35.8 Å².